The molecule has 1 heteroatoms. The molecule has 0 radical (unpaired) electrons. The molecule has 0 nitrogen and oxygen atoms in total. The standard InChI is InChI=1S/C8H10Si/c1-8-5-3-2-4-6-9-7-8/h2-7,9H,1H3. The fourth-order valence-electron chi connectivity index (χ4n) is 0.663. The zero-order valence-corrected chi connectivity index (χ0v) is 6.70. The van der Waals surface area contributed by atoms with E-state index in [1.165, 1.54) is 5.57 Å². The van der Waals surface area contributed by atoms with Crippen LogP contribution in [0.1, 0.15) is 6.92 Å². The SMILES string of the molecule is CC1=C[SiH]=CC=CC=C1. The minimum Gasteiger partial charge on any atom is -0.0805 e. The van der Waals surface area contributed by atoms with Gasteiger partial charge in [-0.05, 0) is 6.92 Å². The molecule has 0 spiro atoms. The number of hydrogen-bond donors (Lipinski definition) is 0. The summed E-state index contributed by atoms with van der Waals surface area (Å²) < 4.78 is 0. The molecule has 0 aromatic heterocycles. The second-order valence-corrected chi connectivity index (χ2v) is 3.14. The van der Waals surface area contributed by atoms with Crippen molar-refractivity contribution >= 4 is 14.8 Å². The Labute approximate surface area is 58.0 Å². The predicted molar refractivity (Wildman–Crippen MR) is 45.3 cm³/mol. The molecule has 0 saturated carbocycles. The van der Waals surface area contributed by atoms with E-state index < -0.39 is 0 Å². The van der Waals surface area contributed by atoms with Crippen molar-refractivity contribution in [3.8, 4) is 0 Å². The molecule has 0 aliphatic carbocycles. The summed E-state index contributed by atoms with van der Waals surface area (Å²) in [4.78, 5) is 0. The third-order valence-corrected chi connectivity index (χ3v) is 2.33. The lowest BCUT2D eigenvalue weighted by molar-refractivity contribution is 1.55. The Hall–Kier alpha value is -0.693. The Bertz CT molecular complexity index is 195. The van der Waals surface area contributed by atoms with E-state index in [9.17, 15) is 0 Å². The zero-order chi connectivity index (χ0) is 6.53. The van der Waals surface area contributed by atoms with Crippen molar-refractivity contribution in [2.45, 2.75) is 6.92 Å². The summed E-state index contributed by atoms with van der Waals surface area (Å²) in [5, 5.41) is 0. The van der Waals surface area contributed by atoms with Crippen LogP contribution in [0.2, 0.25) is 0 Å². The van der Waals surface area contributed by atoms with Crippen molar-refractivity contribution in [2.24, 2.45) is 0 Å². The van der Waals surface area contributed by atoms with Gasteiger partial charge in [-0.3, -0.25) is 0 Å². The van der Waals surface area contributed by atoms with Crippen molar-refractivity contribution in [1.29, 1.82) is 0 Å². The van der Waals surface area contributed by atoms with Gasteiger partial charge in [-0.1, -0.05) is 41.2 Å². The molecule has 1 aliphatic heterocycles. The molecule has 0 unspecified atom stereocenters. The maximum atomic E-state index is 2.29. The van der Waals surface area contributed by atoms with Crippen LogP contribution in [0.25, 0.3) is 0 Å². The Kier molecular flexibility index (Phi) is 2.40. The van der Waals surface area contributed by atoms with E-state index >= 15 is 0 Å². The molecule has 0 saturated heterocycles. The summed E-state index contributed by atoms with van der Waals surface area (Å²) in [6.07, 6.45) is 8.38. The molecule has 1 rings (SSSR count). The van der Waals surface area contributed by atoms with E-state index in [-0.39, 0.29) is 0 Å². The van der Waals surface area contributed by atoms with E-state index in [4.69, 9.17) is 0 Å². The first-order chi connectivity index (χ1) is 4.39. The molecular formula is C8H10Si. The van der Waals surface area contributed by atoms with Gasteiger partial charge in [-0.25, -0.2) is 0 Å². The van der Waals surface area contributed by atoms with Gasteiger partial charge in [0.1, 0.15) is 0 Å². The molecule has 46 valence electrons. The largest absolute Gasteiger partial charge is 0.0805 e. The van der Waals surface area contributed by atoms with Crippen LogP contribution in [-0.4, -0.2) is 14.8 Å². The van der Waals surface area contributed by atoms with Crippen LogP contribution in [0.4, 0.5) is 0 Å². The maximum Gasteiger partial charge on any atom is 0.0201 e. The monoisotopic (exact) mass is 134 g/mol. The zero-order valence-electron chi connectivity index (χ0n) is 5.54. The first-order valence-corrected chi connectivity index (χ1v) is 4.41. The molecule has 1 aliphatic rings. The van der Waals surface area contributed by atoms with E-state index in [1.807, 2.05) is 0 Å². The van der Waals surface area contributed by atoms with Gasteiger partial charge >= 0.3 is 0 Å². The Morgan fingerprint density at radius 2 is 2.11 bits per heavy atom. The van der Waals surface area contributed by atoms with Crippen molar-refractivity contribution in [2.75, 3.05) is 0 Å². The highest BCUT2D eigenvalue weighted by Gasteiger charge is 1.77. The lowest BCUT2D eigenvalue weighted by Crippen LogP contribution is -1.79. The van der Waals surface area contributed by atoms with Crippen LogP contribution in [0.5, 0.6) is 0 Å². The summed E-state index contributed by atoms with van der Waals surface area (Å²) >= 11 is 0. The first-order valence-electron chi connectivity index (χ1n) is 3.08. The normalized spacial score (nSPS) is 16.8. The molecule has 0 fully saturated rings. The van der Waals surface area contributed by atoms with Gasteiger partial charge in [0.2, 0.25) is 0 Å². The van der Waals surface area contributed by atoms with Gasteiger partial charge in [-0.15, -0.1) is 0 Å². The fraction of sp³-hybridized carbons (Fsp3) is 0.125. The van der Waals surface area contributed by atoms with Gasteiger partial charge in [-0.2, -0.15) is 0 Å². The fourth-order valence-corrected chi connectivity index (χ4v) is 1.45. The molecule has 9 heavy (non-hydrogen) atoms. The van der Waals surface area contributed by atoms with E-state index in [0.717, 1.165) is 0 Å². The van der Waals surface area contributed by atoms with Gasteiger partial charge in [0.15, 0.2) is 0 Å². The van der Waals surface area contributed by atoms with E-state index in [2.05, 4.69) is 42.6 Å². The van der Waals surface area contributed by atoms with Crippen LogP contribution in [0.15, 0.2) is 35.6 Å². The number of allylic oxidation sites excluding steroid dienone is 5. The molecule has 0 N–H and O–H groups in total. The van der Waals surface area contributed by atoms with Crippen LogP contribution < -0.4 is 0 Å². The number of rotatable bonds is 0. The summed E-state index contributed by atoms with van der Waals surface area (Å²) in [5.74, 6) is 0. The first kappa shape index (κ1) is 6.43. The summed E-state index contributed by atoms with van der Waals surface area (Å²) in [6.45, 7) is 2.14. The third kappa shape index (κ3) is 2.38. The van der Waals surface area contributed by atoms with E-state index in [0.29, 0.717) is 9.13 Å². The van der Waals surface area contributed by atoms with Gasteiger partial charge in [0.05, 0.1) is 0 Å². The average molecular weight is 134 g/mol. The molecule has 0 amide bonds. The Balaban J connectivity index is 2.77. The lowest BCUT2D eigenvalue weighted by atomic mass is 10.3. The van der Waals surface area contributed by atoms with E-state index in [1.54, 1.807) is 0 Å². The highest BCUT2D eigenvalue weighted by atomic mass is 28.2. The smallest absolute Gasteiger partial charge is 0.0201 e. The van der Waals surface area contributed by atoms with Crippen LogP contribution in [-0.2, 0) is 0 Å². The highest BCUT2D eigenvalue weighted by molar-refractivity contribution is 6.54. The quantitative estimate of drug-likeness (QED) is 0.437. The van der Waals surface area contributed by atoms with Crippen molar-refractivity contribution in [3.05, 3.63) is 35.6 Å². The van der Waals surface area contributed by atoms with Crippen molar-refractivity contribution in [1.82, 2.24) is 0 Å². The lowest BCUT2D eigenvalue weighted by Gasteiger charge is -1.87. The van der Waals surface area contributed by atoms with Crippen LogP contribution in [0, 0.1) is 0 Å². The minimum atomic E-state index is 0.412. The molecule has 0 atom stereocenters. The minimum absolute atomic E-state index is 0.412. The van der Waals surface area contributed by atoms with Crippen LogP contribution in [0.3, 0.4) is 0 Å². The molecule has 0 aromatic rings. The molecule has 0 bridgehead atoms. The van der Waals surface area contributed by atoms with Crippen molar-refractivity contribution < 1.29 is 0 Å². The van der Waals surface area contributed by atoms with Crippen molar-refractivity contribution in [3.63, 3.8) is 0 Å². The summed E-state index contributed by atoms with van der Waals surface area (Å²) in [6, 6.07) is 0. The summed E-state index contributed by atoms with van der Waals surface area (Å²) in [5.41, 5.74) is 5.90. The third-order valence-electron chi connectivity index (χ3n) is 1.16. The van der Waals surface area contributed by atoms with Gasteiger partial charge in [0.25, 0.3) is 0 Å². The molecule has 1 heterocycles. The summed E-state index contributed by atoms with van der Waals surface area (Å²) in [7, 11) is 0.412. The highest BCUT2D eigenvalue weighted by Crippen LogP contribution is 1.93. The molecule has 0 aromatic carbocycles. The average Bonchev–Trinajstić information content (AvgIpc) is 1.79. The molecular weight excluding hydrogens is 124 g/mol. The maximum absolute atomic E-state index is 2.29. The Morgan fingerprint density at radius 1 is 1.22 bits per heavy atom. The van der Waals surface area contributed by atoms with Crippen LogP contribution >= 0.6 is 0 Å². The topological polar surface area (TPSA) is 0 Å². The Morgan fingerprint density at radius 3 is 3.00 bits per heavy atom. The number of hydrogen-bond acceptors (Lipinski definition) is 0. The second-order valence-electron chi connectivity index (χ2n) is 2.04. The van der Waals surface area contributed by atoms with Gasteiger partial charge < -0.3 is 0 Å². The predicted octanol–water partition coefficient (Wildman–Crippen LogP) is 1.25. The van der Waals surface area contributed by atoms with Gasteiger partial charge in [0, 0.05) is 9.13 Å². The second kappa shape index (κ2) is 3.36.